The van der Waals surface area contributed by atoms with Crippen molar-refractivity contribution < 1.29 is 9.32 Å². The summed E-state index contributed by atoms with van der Waals surface area (Å²) in [6.07, 6.45) is 1.22. The highest BCUT2D eigenvalue weighted by molar-refractivity contribution is 5.79. The van der Waals surface area contributed by atoms with E-state index in [9.17, 15) is 4.79 Å². The van der Waals surface area contributed by atoms with Crippen molar-refractivity contribution in [1.29, 1.82) is 0 Å². The van der Waals surface area contributed by atoms with Crippen LogP contribution in [-0.4, -0.2) is 20.9 Å². The molecule has 0 aliphatic carbocycles. The summed E-state index contributed by atoms with van der Waals surface area (Å²) in [4.78, 5) is 19.1. The van der Waals surface area contributed by atoms with Gasteiger partial charge in [-0.2, -0.15) is 4.98 Å². The summed E-state index contributed by atoms with van der Waals surface area (Å²) >= 11 is 0. The Kier molecular flexibility index (Phi) is 5.22. The monoisotopic (exact) mass is 389 g/mol. The Labute approximate surface area is 171 Å². The first-order valence-electron chi connectivity index (χ1n) is 10.2. The molecule has 2 aromatic carbocycles. The first-order chi connectivity index (χ1) is 13.9. The van der Waals surface area contributed by atoms with Crippen LogP contribution in [0.25, 0.3) is 11.4 Å². The highest BCUT2D eigenvalue weighted by Crippen LogP contribution is 2.34. The fourth-order valence-corrected chi connectivity index (χ4v) is 3.90. The molecule has 2 heterocycles. The number of benzene rings is 2. The fraction of sp³-hybridized carbons (Fsp3) is 0.375. The minimum atomic E-state index is -0.167. The highest BCUT2D eigenvalue weighted by atomic mass is 16.5. The van der Waals surface area contributed by atoms with Crippen LogP contribution in [0.2, 0.25) is 0 Å². The van der Waals surface area contributed by atoms with Crippen LogP contribution < -0.4 is 0 Å². The van der Waals surface area contributed by atoms with Crippen molar-refractivity contribution in [2.45, 2.75) is 59.0 Å². The molecular formula is C24H27N3O2. The van der Waals surface area contributed by atoms with E-state index < -0.39 is 0 Å². The molecule has 1 atom stereocenters. The van der Waals surface area contributed by atoms with Crippen molar-refractivity contribution >= 4 is 5.91 Å². The molecule has 0 spiro atoms. The SMILES string of the molecule is Cc1ccc(CN2C(=O)CCC2c2nc(-c3ccc(C(C)C)cc3)no2)c(C)c1. The maximum Gasteiger partial charge on any atom is 0.249 e. The summed E-state index contributed by atoms with van der Waals surface area (Å²) in [5, 5.41) is 4.18. The van der Waals surface area contributed by atoms with Crippen LogP contribution in [0.3, 0.4) is 0 Å². The second kappa shape index (κ2) is 7.82. The number of nitrogens with zero attached hydrogens (tertiary/aromatic N) is 3. The molecular weight excluding hydrogens is 362 g/mol. The van der Waals surface area contributed by atoms with Gasteiger partial charge in [0.05, 0.1) is 0 Å². The van der Waals surface area contributed by atoms with Gasteiger partial charge < -0.3 is 9.42 Å². The maximum absolute atomic E-state index is 12.6. The van der Waals surface area contributed by atoms with Crippen molar-refractivity contribution in [2.75, 3.05) is 0 Å². The van der Waals surface area contributed by atoms with E-state index in [0.717, 1.165) is 11.1 Å². The van der Waals surface area contributed by atoms with Crippen molar-refractivity contribution in [3.63, 3.8) is 0 Å². The van der Waals surface area contributed by atoms with Crippen LogP contribution in [0.1, 0.15) is 66.8 Å². The standard InChI is InChI=1S/C24H27N3O2/c1-15(2)18-7-9-19(10-8-18)23-25-24(29-26-23)21-11-12-22(28)27(21)14-20-6-5-16(3)13-17(20)4/h5-10,13,15,21H,11-12,14H2,1-4H3. The lowest BCUT2D eigenvalue weighted by Gasteiger charge is -2.23. The first kappa shape index (κ1) is 19.4. The Bertz CT molecular complexity index is 1020. The summed E-state index contributed by atoms with van der Waals surface area (Å²) in [6, 6.07) is 14.4. The van der Waals surface area contributed by atoms with Gasteiger partial charge >= 0.3 is 0 Å². The van der Waals surface area contributed by atoms with E-state index in [2.05, 4.69) is 68.2 Å². The molecule has 3 aromatic rings. The number of carbonyl (C=O) groups excluding carboxylic acids is 1. The van der Waals surface area contributed by atoms with Crippen LogP contribution in [0.5, 0.6) is 0 Å². The number of amides is 1. The molecule has 1 saturated heterocycles. The Morgan fingerprint density at radius 3 is 2.59 bits per heavy atom. The topological polar surface area (TPSA) is 59.2 Å². The van der Waals surface area contributed by atoms with Crippen molar-refractivity contribution in [1.82, 2.24) is 15.0 Å². The van der Waals surface area contributed by atoms with Crippen LogP contribution in [0, 0.1) is 13.8 Å². The summed E-state index contributed by atoms with van der Waals surface area (Å²) in [6.45, 7) is 9.07. The zero-order valence-electron chi connectivity index (χ0n) is 17.5. The molecule has 0 N–H and O–H groups in total. The molecule has 0 radical (unpaired) electrons. The molecule has 4 rings (SSSR count). The van der Waals surface area contributed by atoms with E-state index in [0.29, 0.717) is 37.0 Å². The molecule has 5 heteroatoms. The van der Waals surface area contributed by atoms with E-state index in [-0.39, 0.29) is 11.9 Å². The van der Waals surface area contributed by atoms with Crippen LogP contribution >= 0.6 is 0 Å². The number of aromatic nitrogens is 2. The zero-order valence-corrected chi connectivity index (χ0v) is 17.5. The molecule has 1 aromatic heterocycles. The van der Waals surface area contributed by atoms with Crippen molar-refractivity contribution in [3.8, 4) is 11.4 Å². The van der Waals surface area contributed by atoms with E-state index in [1.807, 2.05) is 17.0 Å². The predicted molar refractivity (Wildman–Crippen MR) is 112 cm³/mol. The van der Waals surface area contributed by atoms with E-state index >= 15 is 0 Å². The van der Waals surface area contributed by atoms with Gasteiger partial charge in [0, 0.05) is 18.5 Å². The molecule has 1 unspecified atom stereocenters. The predicted octanol–water partition coefficient (Wildman–Crippen LogP) is 5.34. The summed E-state index contributed by atoms with van der Waals surface area (Å²) < 4.78 is 5.59. The third-order valence-electron chi connectivity index (χ3n) is 5.73. The normalized spacial score (nSPS) is 16.8. The van der Waals surface area contributed by atoms with Gasteiger partial charge in [0.2, 0.25) is 17.6 Å². The van der Waals surface area contributed by atoms with Gasteiger partial charge in [0.15, 0.2) is 0 Å². The van der Waals surface area contributed by atoms with Gasteiger partial charge in [-0.05, 0) is 42.9 Å². The fourth-order valence-electron chi connectivity index (χ4n) is 3.90. The van der Waals surface area contributed by atoms with E-state index in [1.54, 1.807) is 0 Å². The lowest BCUT2D eigenvalue weighted by Crippen LogP contribution is -2.27. The van der Waals surface area contributed by atoms with Gasteiger partial charge in [0.1, 0.15) is 6.04 Å². The number of hydrogen-bond acceptors (Lipinski definition) is 4. The molecule has 1 aliphatic rings. The molecule has 1 amide bonds. The number of aryl methyl sites for hydroxylation is 2. The maximum atomic E-state index is 12.6. The Balaban J connectivity index is 1.56. The molecule has 5 nitrogen and oxygen atoms in total. The van der Waals surface area contributed by atoms with Crippen LogP contribution in [0.4, 0.5) is 0 Å². The molecule has 1 aliphatic heterocycles. The van der Waals surface area contributed by atoms with Crippen LogP contribution in [-0.2, 0) is 11.3 Å². The largest absolute Gasteiger partial charge is 0.337 e. The number of hydrogen-bond donors (Lipinski definition) is 0. The molecule has 0 saturated carbocycles. The third-order valence-corrected chi connectivity index (χ3v) is 5.73. The highest BCUT2D eigenvalue weighted by Gasteiger charge is 2.36. The third kappa shape index (κ3) is 3.95. The van der Waals surface area contributed by atoms with Crippen molar-refractivity contribution in [2.24, 2.45) is 0 Å². The molecule has 0 bridgehead atoms. The number of carbonyl (C=O) groups is 1. The van der Waals surface area contributed by atoms with Gasteiger partial charge in [-0.25, -0.2) is 0 Å². The quantitative estimate of drug-likeness (QED) is 0.591. The smallest absolute Gasteiger partial charge is 0.249 e. The molecule has 1 fully saturated rings. The molecule has 29 heavy (non-hydrogen) atoms. The second-order valence-electron chi connectivity index (χ2n) is 8.24. The van der Waals surface area contributed by atoms with Gasteiger partial charge in [-0.3, -0.25) is 4.79 Å². The first-order valence-corrected chi connectivity index (χ1v) is 10.2. The summed E-state index contributed by atoms with van der Waals surface area (Å²) in [7, 11) is 0. The average Bonchev–Trinajstić information content (AvgIpc) is 3.31. The second-order valence-corrected chi connectivity index (χ2v) is 8.24. The number of rotatable bonds is 5. The van der Waals surface area contributed by atoms with Gasteiger partial charge in [0.25, 0.3) is 0 Å². The lowest BCUT2D eigenvalue weighted by molar-refractivity contribution is -0.130. The van der Waals surface area contributed by atoms with Gasteiger partial charge in [-0.1, -0.05) is 67.0 Å². The van der Waals surface area contributed by atoms with E-state index in [1.165, 1.54) is 16.7 Å². The Hall–Kier alpha value is -2.95. The average molecular weight is 389 g/mol. The van der Waals surface area contributed by atoms with Crippen LogP contribution in [0.15, 0.2) is 47.0 Å². The summed E-state index contributed by atoms with van der Waals surface area (Å²) in [5.41, 5.74) is 5.77. The number of likely N-dealkylation sites (tertiary alicyclic amines) is 1. The summed E-state index contributed by atoms with van der Waals surface area (Å²) in [5.74, 6) is 1.70. The van der Waals surface area contributed by atoms with Gasteiger partial charge in [-0.15, -0.1) is 0 Å². The minimum absolute atomic E-state index is 0.135. The van der Waals surface area contributed by atoms with Crippen molar-refractivity contribution in [3.05, 3.63) is 70.6 Å². The zero-order chi connectivity index (χ0) is 20.5. The molecule has 150 valence electrons. The Morgan fingerprint density at radius 1 is 1.14 bits per heavy atom. The lowest BCUT2D eigenvalue weighted by atomic mass is 10.0. The Morgan fingerprint density at radius 2 is 1.90 bits per heavy atom. The minimum Gasteiger partial charge on any atom is -0.337 e. The van der Waals surface area contributed by atoms with E-state index in [4.69, 9.17) is 4.52 Å².